The van der Waals surface area contributed by atoms with Crippen molar-refractivity contribution in [2.24, 2.45) is 7.05 Å². The number of piperidine rings is 1. The van der Waals surface area contributed by atoms with E-state index >= 15 is 0 Å². The molecule has 24 heavy (non-hydrogen) atoms. The number of aromatic amines is 1. The zero-order valence-electron chi connectivity index (χ0n) is 14.0. The lowest BCUT2D eigenvalue weighted by Crippen LogP contribution is -2.47. The van der Waals surface area contributed by atoms with Gasteiger partial charge in [-0.25, -0.2) is 4.98 Å². The van der Waals surface area contributed by atoms with E-state index in [4.69, 9.17) is 11.6 Å². The Balaban J connectivity index is 1.66. The molecule has 2 N–H and O–H groups in total. The normalized spacial score (nSPS) is 18.1. The van der Waals surface area contributed by atoms with E-state index in [0.717, 1.165) is 43.6 Å². The van der Waals surface area contributed by atoms with Gasteiger partial charge in [0.1, 0.15) is 5.15 Å². The van der Waals surface area contributed by atoms with Crippen LogP contribution in [0.15, 0.2) is 17.2 Å². The number of H-pyrrole nitrogens is 1. The van der Waals surface area contributed by atoms with Crippen molar-refractivity contribution in [3.63, 3.8) is 0 Å². The molecule has 0 aromatic carbocycles. The summed E-state index contributed by atoms with van der Waals surface area (Å²) < 4.78 is 1.72. The standard InChI is InChI=1S/C16H23ClN6O/c1-3-13-12(14(17)22(2)21-13)9-20-11-5-4-8-23(10-11)15-16(24)19-7-6-18-15/h6-7,11,20H,3-5,8-10H2,1-2H3,(H,19,24)/t11-/m0/s1. The van der Waals surface area contributed by atoms with Crippen molar-refractivity contribution in [2.45, 2.75) is 38.8 Å². The topological polar surface area (TPSA) is 78.8 Å². The number of aromatic nitrogens is 4. The molecule has 3 heterocycles. The fourth-order valence-corrected chi connectivity index (χ4v) is 3.42. The predicted molar refractivity (Wildman–Crippen MR) is 94.5 cm³/mol. The molecule has 2 aromatic rings. The summed E-state index contributed by atoms with van der Waals surface area (Å²) in [5.74, 6) is 0.498. The van der Waals surface area contributed by atoms with Gasteiger partial charge in [0.15, 0.2) is 5.82 Å². The van der Waals surface area contributed by atoms with Crippen molar-refractivity contribution >= 4 is 17.4 Å². The van der Waals surface area contributed by atoms with Crippen LogP contribution in [-0.2, 0) is 20.0 Å². The molecule has 1 saturated heterocycles. The van der Waals surface area contributed by atoms with Crippen molar-refractivity contribution < 1.29 is 0 Å². The molecule has 0 bridgehead atoms. The maximum absolute atomic E-state index is 11.9. The zero-order chi connectivity index (χ0) is 17.1. The Kier molecular flexibility index (Phi) is 5.20. The average molecular weight is 351 g/mol. The van der Waals surface area contributed by atoms with Gasteiger partial charge in [0.05, 0.1) is 5.69 Å². The third-order valence-corrected chi connectivity index (χ3v) is 4.94. The van der Waals surface area contributed by atoms with E-state index < -0.39 is 0 Å². The maximum atomic E-state index is 11.9. The van der Waals surface area contributed by atoms with Crippen LogP contribution in [0, 0.1) is 0 Å². The summed E-state index contributed by atoms with van der Waals surface area (Å²) in [4.78, 5) is 20.9. The van der Waals surface area contributed by atoms with Crippen molar-refractivity contribution in [2.75, 3.05) is 18.0 Å². The first kappa shape index (κ1) is 17.0. The molecule has 1 aliphatic rings. The molecule has 1 fully saturated rings. The van der Waals surface area contributed by atoms with Crippen molar-refractivity contribution in [1.82, 2.24) is 25.1 Å². The van der Waals surface area contributed by atoms with Crippen LogP contribution < -0.4 is 15.8 Å². The first-order valence-corrected chi connectivity index (χ1v) is 8.70. The van der Waals surface area contributed by atoms with Crippen molar-refractivity contribution in [3.05, 3.63) is 39.2 Å². The Bertz CT molecular complexity index is 755. The molecule has 3 rings (SSSR count). The summed E-state index contributed by atoms with van der Waals surface area (Å²) in [5.41, 5.74) is 1.96. The van der Waals surface area contributed by atoms with Crippen molar-refractivity contribution in [1.29, 1.82) is 0 Å². The maximum Gasteiger partial charge on any atom is 0.290 e. The van der Waals surface area contributed by atoms with Gasteiger partial charge in [0.2, 0.25) is 0 Å². The zero-order valence-corrected chi connectivity index (χ0v) is 14.8. The Morgan fingerprint density at radius 1 is 1.50 bits per heavy atom. The predicted octanol–water partition coefficient (Wildman–Crippen LogP) is 1.48. The number of rotatable bonds is 5. The van der Waals surface area contributed by atoms with Gasteiger partial charge in [0.25, 0.3) is 5.56 Å². The van der Waals surface area contributed by atoms with E-state index in [1.165, 1.54) is 0 Å². The molecule has 130 valence electrons. The Morgan fingerprint density at radius 3 is 3.08 bits per heavy atom. The molecule has 1 atom stereocenters. The van der Waals surface area contributed by atoms with Crippen LogP contribution in [0.3, 0.4) is 0 Å². The Morgan fingerprint density at radius 2 is 2.33 bits per heavy atom. The minimum atomic E-state index is -0.137. The van der Waals surface area contributed by atoms with Crippen molar-refractivity contribution in [3.8, 4) is 0 Å². The van der Waals surface area contributed by atoms with E-state index in [1.807, 2.05) is 11.9 Å². The second-order valence-corrected chi connectivity index (χ2v) is 6.46. The minimum absolute atomic E-state index is 0.137. The average Bonchev–Trinajstić information content (AvgIpc) is 2.88. The molecular weight excluding hydrogens is 328 g/mol. The highest BCUT2D eigenvalue weighted by atomic mass is 35.5. The molecule has 0 radical (unpaired) electrons. The largest absolute Gasteiger partial charge is 0.350 e. The highest BCUT2D eigenvalue weighted by Crippen LogP contribution is 2.21. The number of aryl methyl sites for hydroxylation is 2. The fraction of sp³-hybridized carbons (Fsp3) is 0.562. The smallest absolute Gasteiger partial charge is 0.290 e. The summed E-state index contributed by atoms with van der Waals surface area (Å²) >= 11 is 6.35. The number of anilines is 1. The highest BCUT2D eigenvalue weighted by Gasteiger charge is 2.23. The number of halogens is 1. The van der Waals surface area contributed by atoms with Gasteiger partial charge < -0.3 is 15.2 Å². The number of hydrogen-bond donors (Lipinski definition) is 2. The van der Waals surface area contributed by atoms with Crippen LogP contribution in [-0.4, -0.2) is 38.9 Å². The fourth-order valence-electron chi connectivity index (χ4n) is 3.21. The molecule has 0 saturated carbocycles. The summed E-state index contributed by atoms with van der Waals surface area (Å²) in [6, 6.07) is 0.293. The van der Waals surface area contributed by atoms with Gasteiger partial charge in [-0.1, -0.05) is 18.5 Å². The van der Waals surface area contributed by atoms with Gasteiger partial charge in [-0.3, -0.25) is 9.48 Å². The third-order valence-electron chi connectivity index (χ3n) is 4.46. The molecule has 1 aliphatic heterocycles. The van der Waals surface area contributed by atoms with E-state index in [2.05, 4.69) is 27.3 Å². The second-order valence-electron chi connectivity index (χ2n) is 6.10. The summed E-state index contributed by atoms with van der Waals surface area (Å²) in [7, 11) is 1.86. The van der Waals surface area contributed by atoms with Gasteiger partial charge in [-0.05, 0) is 19.3 Å². The monoisotopic (exact) mass is 350 g/mol. The summed E-state index contributed by atoms with van der Waals surface area (Å²) in [6.07, 6.45) is 6.13. The third kappa shape index (κ3) is 3.47. The lowest BCUT2D eigenvalue weighted by molar-refractivity contribution is 0.419. The van der Waals surface area contributed by atoms with E-state index in [0.29, 0.717) is 23.6 Å². The van der Waals surface area contributed by atoms with Crippen LogP contribution in [0.5, 0.6) is 0 Å². The van der Waals surface area contributed by atoms with Crippen LogP contribution in [0.25, 0.3) is 0 Å². The molecule has 0 spiro atoms. The molecule has 2 aromatic heterocycles. The summed E-state index contributed by atoms with van der Waals surface area (Å²) in [5, 5.41) is 8.70. The van der Waals surface area contributed by atoms with Gasteiger partial charge in [0, 0.05) is 50.7 Å². The second kappa shape index (κ2) is 7.36. The SMILES string of the molecule is CCc1nn(C)c(Cl)c1CN[C@H]1CCCN(c2ncc[nH]c2=O)C1. The highest BCUT2D eigenvalue weighted by molar-refractivity contribution is 6.30. The minimum Gasteiger partial charge on any atom is -0.350 e. The molecule has 0 unspecified atom stereocenters. The van der Waals surface area contributed by atoms with Gasteiger partial charge in [-0.15, -0.1) is 0 Å². The molecule has 0 amide bonds. The Labute approximate surface area is 146 Å². The van der Waals surface area contributed by atoms with Gasteiger partial charge in [-0.2, -0.15) is 5.10 Å². The van der Waals surface area contributed by atoms with Crippen LogP contribution in [0.2, 0.25) is 5.15 Å². The van der Waals surface area contributed by atoms with Gasteiger partial charge >= 0.3 is 0 Å². The molecular formula is C16H23ClN6O. The lowest BCUT2D eigenvalue weighted by atomic mass is 10.1. The quantitative estimate of drug-likeness (QED) is 0.854. The number of hydrogen-bond acceptors (Lipinski definition) is 5. The number of nitrogens with one attached hydrogen (secondary N) is 2. The van der Waals surface area contributed by atoms with E-state index in [1.54, 1.807) is 17.1 Å². The summed E-state index contributed by atoms with van der Waals surface area (Å²) in [6.45, 7) is 4.39. The van der Waals surface area contributed by atoms with Crippen LogP contribution in [0.4, 0.5) is 5.82 Å². The van der Waals surface area contributed by atoms with E-state index in [-0.39, 0.29) is 5.56 Å². The van der Waals surface area contributed by atoms with Crippen LogP contribution in [0.1, 0.15) is 31.0 Å². The molecule has 8 heteroatoms. The number of nitrogens with zero attached hydrogens (tertiary/aromatic N) is 4. The first-order chi connectivity index (χ1) is 11.6. The lowest BCUT2D eigenvalue weighted by Gasteiger charge is -2.33. The molecule has 0 aliphatic carbocycles. The Hall–Kier alpha value is -1.86. The molecule has 7 nitrogen and oxygen atoms in total. The van der Waals surface area contributed by atoms with E-state index in [9.17, 15) is 4.79 Å². The van der Waals surface area contributed by atoms with Crippen LogP contribution >= 0.6 is 11.6 Å². The first-order valence-electron chi connectivity index (χ1n) is 8.32.